The number of aromatic amines is 1. The van der Waals surface area contributed by atoms with E-state index < -0.39 is 5.91 Å². The fourth-order valence-corrected chi connectivity index (χ4v) is 1.79. The van der Waals surface area contributed by atoms with E-state index in [0.717, 1.165) is 11.3 Å². The number of H-pyrrole nitrogens is 1. The number of primary amides is 1. The Labute approximate surface area is 93.3 Å². The van der Waals surface area contributed by atoms with Crippen molar-refractivity contribution >= 4 is 11.6 Å². The molecule has 0 bridgehead atoms. The first-order valence-corrected chi connectivity index (χ1v) is 4.94. The van der Waals surface area contributed by atoms with Crippen molar-refractivity contribution in [2.24, 2.45) is 5.73 Å². The van der Waals surface area contributed by atoms with Crippen LogP contribution in [0, 0.1) is 6.92 Å². The minimum Gasteiger partial charge on any atom is -0.396 e. The van der Waals surface area contributed by atoms with E-state index in [1.165, 1.54) is 0 Å². The summed E-state index contributed by atoms with van der Waals surface area (Å²) in [5, 5.41) is 0. The lowest BCUT2D eigenvalue weighted by Gasteiger charge is -2.00. The van der Waals surface area contributed by atoms with E-state index in [-0.39, 0.29) is 0 Å². The van der Waals surface area contributed by atoms with Crippen LogP contribution in [0.25, 0.3) is 11.3 Å². The highest BCUT2D eigenvalue weighted by molar-refractivity contribution is 6.02. The summed E-state index contributed by atoms with van der Waals surface area (Å²) in [6, 6.07) is 9.59. The molecule has 0 aliphatic carbocycles. The molecule has 0 aliphatic rings. The lowest BCUT2D eigenvalue weighted by Crippen LogP contribution is -2.13. The van der Waals surface area contributed by atoms with Crippen molar-refractivity contribution in [2.45, 2.75) is 6.92 Å². The second-order valence-corrected chi connectivity index (χ2v) is 3.64. The summed E-state index contributed by atoms with van der Waals surface area (Å²) in [4.78, 5) is 14.3. The highest BCUT2D eigenvalue weighted by Crippen LogP contribution is 2.29. The van der Waals surface area contributed by atoms with E-state index in [4.69, 9.17) is 11.5 Å². The monoisotopic (exact) mass is 215 g/mol. The summed E-state index contributed by atoms with van der Waals surface area (Å²) < 4.78 is 0. The number of nitrogen functional groups attached to an aromatic ring is 1. The van der Waals surface area contributed by atoms with E-state index in [2.05, 4.69) is 4.98 Å². The second kappa shape index (κ2) is 3.73. The minimum absolute atomic E-state index is 0.374. The lowest BCUT2D eigenvalue weighted by atomic mass is 10.1. The van der Waals surface area contributed by atoms with Gasteiger partial charge in [-0.25, -0.2) is 0 Å². The van der Waals surface area contributed by atoms with Crippen LogP contribution < -0.4 is 11.5 Å². The summed E-state index contributed by atoms with van der Waals surface area (Å²) in [5.41, 5.74) is 14.3. The van der Waals surface area contributed by atoms with Gasteiger partial charge in [0.15, 0.2) is 0 Å². The molecule has 4 heteroatoms. The molecule has 0 aliphatic heterocycles. The maximum Gasteiger partial charge on any atom is 0.252 e. The van der Waals surface area contributed by atoms with Crippen LogP contribution in [0.15, 0.2) is 30.3 Å². The molecule has 1 aromatic carbocycles. The second-order valence-electron chi connectivity index (χ2n) is 3.64. The number of carbonyl (C=O) groups is 1. The first-order chi connectivity index (χ1) is 7.61. The van der Waals surface area contributed by atoms with Crippen LogP contribution in [0.5, 0.6) is 0 Å². The average molecular weight is 215 g/mol. The standard InChI is InChI=1S/C12H13N3O/c1-7-9(12(14)16)10(13)11(15-7)8-5-3-2-4-6-8/h2-6,15H,13H2,1H3,(H2,14,16). The van der Waals surface area contributed by atoms with Crippen LogP contribution in [0.1, 0.15) is 16.1 Å². The summed E-state index contributed by atoms with van der Waals surface area (Å²) in [7, 11) is 0. The fraction of sp³-hybridized carbons (Fsp3) is 0.0833. The Balaban J connectivity index is 2.61. The van der Waals surface area contributed by atoms with Crippen molar-refractivity contribution in [3.8, 4) is 11.3 Å². The van der Waals surface area contributed by atoms with Crippen LogP contribution >= 0.6 is 0 Å². The first-order valence-electron chi connectivity index (χ1n) is 4.94. The van der Waals surface area contributed by atoms with Gasteiger partial charge in [0, 0.05) is 11.3 Å². The van der Waals surface area contributed by atoms with Crippen LogP contribution in [-0.4, -0.2) is 10.9 Å². The Morgan fingerprint density at radius 2 is 1.88 bits per heavy atom. The predicted molar refractivity (Wildman–Crippen MR) is 63.9 cm³/mol. The smallest absolute Gasteiger partial charge is 0.252 e. The number of carbonyl (C=O) groups excluding carboxylic acids is 1. The Morgan fingerprint density at radius 3 is 2.38 bits per heavy atom. The Hall–Kier alpha value is -2.23. The fourth-order valence-electron chi connectivity index (χ4n) is 1.79. The summed E-state index contributed by atoms with van der Waals surface area (Å²) >= 11 is 0. The van der Waals surface area contributed by atoms with Crippen LogP contribution in [0.3, 0.4) is 0 Å². The number of aryl methyl sites for hydroxylation is 1. The van der Waals surface area contributed by atoms with Gasteiger partial charge in [0.05, 0.1) is 16.9 Å². The highest BCUT2D eigenvalue weighted by atomic mass is 16.1. The molecule has 0 saturated heterocycles. The van der Waals surface area contributed by atoms with Gasteiger partial charge >= 0.3 is 0 Å². The third kappa shape index (κ3) is 1.54. The van der Waals surface area contributed by atoms with Gasteiger partial charge in [-0.05, 0) is 6.92 Å². The summed E-state index contributed by atoms with van der Waals surface area (Å²) in [6.45, 7) is 1.78. The molecule has 0 fully saturated rings. The van der Waals surface area contributed by atoms with Gasteiger partial charge in [-0.3, -0.25) is 4.79 Å². The zero-order valence-electron chi connectivity index (χ0n) is 8.95. The van der Waals surface area contributed by atoms with E-state index in [0.29, 0.717) is 16.9 Å². The van der Waals surface area contributed by atoms with Crippen LogP contribution in [-0.2, 0) is 0 Å². The van der Waals surface area contributed by atoms with Crippen molar-refractivity contribution in [1.82, 2.24) is 4.98 Å². The third-order valence-corrected chi connectivity index (χ3v) is 2.54. The van der Waals surface area contributed by atoms with Gasteiger partial charge in [0.25, 0.3) is 5.91 Å². The van der Waals surface area contributed by atoms with Gasteiger partial charge in [0.2, 0.25) is 0 Å². The van der Waals surface area contributed by atoms with E-state index in [1.54, 1.807) is 6.92 Å². The molecule has 2 aromatic rings. The van der Waals surface area contributed by atoms with Gasteiger partial charge in [-0.15, -0.1) is 0 Å². The van der Waals surface area contributed by atoms with Crippen molar-refractivity contribution in [2.75, 3.05) is 5.73 Å². The maximum atomic E-state index is 11.2. The molecule has 2 rings (SSSR count). The SMILES string of the molecule is Cc1[nH]c(-c2ccccc2)c(N)c1C(N)=O. The molecule has 0 spiro atoms. The van der Waals surface area contributed by atoms with Crippen LogP contribution in [0.2, 0.25) is 0 Å². The van der Waals surface area contributed by atoms with Crippen LogP contribution in [0.4, 0.5) is 5.69 Å². The number of nitrogens with one attached hydrogen (secondary N) is 1. The molecule has 0 atom stereocenters. The quantitative estimate of drug-likeness (QED) is 0.711. The van der Waals surface area contributed by atoms with Gasteiger partial charge in [-0.1, -0.05) is 30.3 Å². The number of anilines is 1. The minimum atomic E-state index is -0.506. The number of amides is 1. The molecule has 5 N–H and O–H groups in total. The number of hydrogen-bond acceptors (Lipinski definition) is 2. The topological polar surface area (TPSA) is 84.9 Å². The van der Waals surface area contributed by atoms with Crippen molar-refractivity contribution in [1.29, 1.82) is 0 Å². The average Bonchev–Trinajstić information content (AvgIpc) is 2.55. The maximum absolute atomic E-state index is 11.2. The molecule has 0 saturated carbocycles. The van der Waals surface area contributed by atoms with E-state index >= 15 is 0 Å². The molecule has 82 valence electrons. The number of aromatic nitrogens is 1. The zero-order chi connectivity index (χ0) is 11.7. The Kier molecular flexibility index (Phi) is 2.40. The molecule has 1 aromatic heterocycles. The summed E-state index contributed by atoms with van der Waals surface area (Å²) in [6.07, 6.45) is 0. The third-order valence-electron chi connectivity index (χ3n) is 2.54. The summed E-state index contributed by atoms with van der Waals surface area (Å²) in [5.74, 6) is -0.506. The Morgan fingerprint density at radius 1 is 1.25 bits per heavy atom. The molecular weight excluding hydrogens is 202 g/mol. The lowest BCUT2D eigenvalue weighted by molar-refractivity contribution is 0.100. The number of rotatable bonds is 2. The molecule has 1 amide bonds. The first kappa shape index (κ1) is 10.3. The molecule has 16 heavy (non-hydrogen) atoms. The van der Waals surface area contributed by atoms with E-state index in [9.17, 15) is 4.79 Å². The van der Waals surface area contributed by atoms with Gasteiger partial charge in [-0.2, -0.15) is 0 Å². The van der Waals surface area contributed by atoms with Crippen molar-refractivity contribution < 1.29 is 4.79 Å². The van der Waals surface area contributed by atoms with Gasteiger partial charge < -0.3 is 16.5 Å². The Bertz CT molecular complexity index is 529. The molecule has 1 heterocycles. The number of nitrogens with two attached hydrogens (primary N) is 2. The molecule has 4 nitrogen and oxygen atoms in total. The largest absolute Gasteiger partial charge is 0.396 e. The zero-order valence-corrected chi connectivity index (χ0v) is 8.95. The number of hydrogen-bond donors (Lipinski definition) is 3. The number of benzene rings is 1. The molecule has 0 radical (unpaired) electrons. The highest BCUT2D eigenvalue weighted by Gasteiger charge is 2.17. The van der Waals surface area contributed by atoms with Gasteiger partial charge in [0.1, 0.15) is 0 Å². The normalized spacial score (nSPS) is 10.3. The van der Waals surface area contributed by atoms with Crippen molar-refractivity contribution in [3.63, 3.8) is 0 Å². The molecular formula is C12H13N3O. The molecule has 0 unspecified atom stereocenters. The van der Waals surface area contributed by atoms with E-state index in [1.807, 2.05) is 30.3 Å². The van der Waals surface area contributed by atoms with Crippen molar-refractivity contribution in [3.05, 3.63) is 41.6 Å². The predicted octanol–water partition coefficient (Wildman–Crippen LogP) is 1.67.